The van der Waals surface area contributed by atoms with E-state index in [0.717, 1.165) is 47.4 Å². The third-order valence-electron chi connectivity index (χ3n) is 8.81. The Bertz CT molecular complexity index is 1720. The van der Waals surface area contributed by atoms with E-state index in [-0.39, 0.29) is 18.0 Å². The Labute approximate surface area is 295 Å². The summed E-state index contributed by atoms with van der Waals surface area (Å²) < 4.78 is 5.86. The summed E-state index contributed by atoms with van der Waals surface area (Å²) >= 11 is 6.18. The second-order valence-corrected chi connectivity index (χ2v) is 14.7. The molecule has 0 spiro atoms. The largest absolute Gasteiger partial charge is 0.493 e. The van der Waals surface area contributed by atoms with Gasteiger partial charge in [0.05, 0.1) is 23.9 Å². The molecule has 1 N–H and O–H groups in total. The first-order valence-corrected chi connectivity index (χ1v) is 17.5. The molecule has 2 heterocycles. The molecule has 0 unspecified atom stereocenters. The minimum Gasteiger partial charge on any atom is -0.493 e. The maximum atomic E-state index is 14.2. The summed E-state index contributed by atoms with van der Waals surface area (Å²) in [4.78, 5) is 39.5. The van der Waals surface area contributed by atoms with Crippen molar-refractivity contribution in [3.8, 4) is 5.75 Å². The molecule has 0 aliphatic carbocycles. The van der Waals surface area contributed by atoms with Gasteiger partial charge in [0.25, 0.3) is 5.91 Å². The third kappa shape index (κ3) is 9.60. The lowest BCUT2D eigenvalue weighted by Crippen LogP contribution is -2.36. The quantitative estimate of drug-likeness (QED) is 0.152. The number of anilines is 1. The van der Waals surface area contributed by atoms with Gasteiger partial charge in [0.2, 0.25) is 5.95 Å². The fourth-order valence-corrected chi connectivity index (χ4v) is 6.22. The number of aromatic nitrogens is 2. The lowest BCUT2D eigenvalue weighted by atomic mass is 9.87. The highest BCUT2D eigenvalue weighted by Gasteiger charge is 2.30. The van der Waals surface area contributed by atoms with E-state index in [4.69, 9.17) is 26.3 Å². The topological polar surface area (TPSA) is 95.9 Å². The van der Waals surface area contributed by atoms with Crippen molar-refractivity contribution in [3.05, 3.63) is 118 Å². The molecule has 258 valence electrons. The lowest BCUT2D eigenvalue weighted by molar-refractivity contribution is -0.137. The molecule has 1 atom stereocenters. The van der Waals surface area contributed by atoms with Gasteiger partial charge >= 0.3 is 5.97 Å². The molecule has 49 heavy (non-hydrogen) atoms. The predicted octanol–water partition coefficient (Wildman–Crippen LogP) is 8.32. The van der Waals surface area contributed by atoms with Crippen molar-refractivity contribution in [3.63, 3.8) is 0 Å². The molecule has 0 saturated carbocycles. The third-order valence-corrected chi connectivity index (χ3v) is 9.07. The Kier molecular flexibility index (Phi) is 11.6. The van der Waals surface area contributed by atoms with Crippen LogP contribution in [0, 0.1) is 5.92 Å². The highest BCUT2D eigenvalue weighted by Crippen LogP contribution is 2.35. The van der Waals surface area contributed by atoms with E-state index >= 15 is 0 Å². The number of carboxylic acids is 1. The van der Waals surface area contributed by atoms with Crippen molar-refractivity contribution in [2.24, 2.45) is 5.92 Å². The number of ether oxygens (including phenoxy) is 1. The average molecular weight is 683 g/mol. The van der Waals surface area contributed by atoms with Gasteiger partial charge < -0.3 is 19.6 Å². The molecule has 1 fully saturated rings. The van der Waals surface area contributed by atoms with E-state index in [2.05, 4.69) is 39.5 Å². The first kappa shape index (κ1) is 35.9. The van der Waals surface area contributed by atoms with Crippen LogP contribution in [0.2, 0.25) is 5.02 Å². The molecular formula is C40H47ClN4O4. The summed E-state index contributed by atoms with van der Waals surface area (Å²) in [5, 5.41) is 10.5. The van der Waals surface area contributed by atoms with Crippen LogP contribution in [0.15, 0.2) is 79.0 Å². The number of carboxylic acid groups (broad SMARTS) is 1. The number of amides is 1. The van der Waals surface area contributed by atoms with Gasteiger partial charge in [-0.05, 0) is 83.5 Å². The number of carbonyl (C=O) groups is 2. The van der Waals surface area contributed by atoms with Crippen molar-refractivity contribution >= 4 is 29.4 Å². The standard InChI is InChI=1S/C40H47ClN4O4/c1-27(2)26-49-33-19-10-28(11-20-33)12-21-35-34(23-42-39(43-35)45-22-6-7-36(45)30-13-17-32(41)18-14-30)38(48)44(25-37(46)47)24-29-8-15-31(16-9-29)40(3,4)5/h8-11,13-20,23,27,36H,6-7,12,21-22,24-26H2,1-5H3,(H,46,47)/t36-/m0/s1. The number of aliphatic carboxylic acids is 1. The van der Waals surface area contributed by atoms with E-state index in [9.17, 15) is 14.7 Å². The Morgan fingerprint density at radius 1 is 0.980 bits per heavy atom. The molecule has 9 heteroatoms. The van der Waals surface area contributed by atoms with E-state index in [1.54, 1.807) is 6.20 Å². The summed E-state index contributed by atoms with van der Waals surface area (Å²) in [6.07, 6.45) is 4.63. The predicted molar refractivity (Wildman–Crippen MR) is 195 cm³/mol. The Balaban J connectivity index is 1.44. The SMILES string of the molecule is CC(C)COc1ccc(CCc2nc(N3CCC[C@H]3c3ccc(Cl)cc3)ncc2C(=O)N(CC(=O)O)Cc2ccc(C(C)(C)C)cc2)cc1. The summed E-state index contributed by atoms with van der Waals surface area (Å²) in [5.74, 6) is 0.322. The number of halogens is 1. The molecule has 1 aromatic heterocycles. The first-order valence-electron chi connectivity index (χ1n) is 17.1. The lowest BCUT2D eigenvalue weighted by Gasteiger charge is -2.27. The first-order chi connectivity index (χ1) is 23.4. The van der Waals surface area contributed by atoms with Crippen LogP contribution >= 0.6 is 11.6 Å². The summed E-state index contributed by atoms with van der Waals surface area (Å²) in [5.41, 5.74) is 5.12. The molecule has 1 aliphatic rings. The Morgan fingerprint density at radius 3 is 2.29 bits per heavy atom. The minimum atomic E-state index is -1.08. The van der Waals surface area contributed by atoms with Crippen LogP contribution in [0.25, 0.3) is 0 Å². The van der Waals surface area contributed by atoms with E-state index in [1.165, 1.54) is 4.90 Å². The van der Waals surface area contributed by atoms with Crippen LogP contribution in [0.5, 0.6) is 5.75 Å². The fraction of sp³-hybridized carbons (Fsp3) is 0.400. The molecule has 5 rings (SSSR count). The molecule has 1 amide bonds. The van der Waals surface area contributed by atoms with Gasteiger partial charge in [0.1, 0.15) is 12.3 Å². The fourth-order valence-electron chi connectivity index (χ4n) is 6.09. The van der Waals surface area contributed by atoms with Gasteiger partial charge in [0, 0.05) is 24.3 Å². The molecule has 1 saturated heterocycles. The molecule has 8 nitrogen and oxygen atoms in total. The summed E-state index contributed by atoms with van der Waals surface area (Å²) in [7, 11) is 0. The molecule has 4 aromatic rings. The van der Waals surface area contributed by atoms with E-state index in [1.807, 2.05) is 72.8 Å². The number of hydrogen-bond acceptors (Lipinski definition) is 6. The van der Waals surface area contributed by atoms with Crippen molar-refractivity contribution in [2.45, 2.75) is 78.3 Å². The maximum Gasteiger partial charge on any atom is 0.323 e. The normalized spacial score (nSPS) is 14.7. The molecular weight excluding hydrogens is 636 g/mol. The number of rotatable bonds is 13. The van der Waals surface area contributed by atoms with Gasteiger partial charge in [-0.3, -0.25) is 9.59 Å². The number of carbonyl (C=O) groups excluding carboxylic acids is 1. The van der Waals surface area contributed by atoms with Crippen LogP contribution in [0.4, 0.5) is 5.95 Å². The molecule has 1 aliphatic heterocycles. The highest BCUT2D eigenvalue weighted by atomic mass is 35.5. The number of aryl methyl sites for hydroxylation is 2. The van der Waals surface area contributed by atoms with Gasteiger partial charge in [0.15, 0.2) is 0 Å². The number of nitrogens with zero attached hydrogens (tertiary/aromatic N) is 4. The van der Waals surface area contributed by atoms with Crippen LogP contribution in [-0.2, 0) is 29.6 Å². The zero-order chi connectivity index (χ0) is 35.1. The van der Waals surface area contributed by atoms with Crippen LogP contribution in [0.3, 0.4) is 0 Å². The van der Waals surface area contributed by atoms with E-state index in [0.29, 0.717) is 47.6 Å². The minimum absolute atomic E-state index is 0.0214. The number of benzene rings is 3. The van der Waals surface area contributed by atoms with Gasteiger partial charge in [-0.2, -0.15) is 0 Å². The second kappa shape index (κ2) is 15.9. The van der Waals surface area contributed by atoms with Crippen LogP contribution in [-0.4, -0.2) is 51.5 Å². The Hall–Kier alpha value is -4.43. The molecule has 0 radical (unpaired) electrons. The summed E-state index contributed by atoms with van der Waals surface area (Å²) in [6, 6.07) is 24.0. The van der Waals surface area contributed by atoms with Crippen molar-refractivity contribution in [2.75, 3.05) is 24.6 Å². The van der Waals surface area contributed by atoms with E-state index < -0.39 is 18.4 Å². The molecule has 3 aromatic carbocycles. The van der Waals surface area contributed by atoms with Crippen molar-refractivity contribution < 1.29 is 19.4 Å². The van der Waals surface area contributed by atoms with Gasteiger partial charge in [-0.15, -0.1) is 0 Å². The van der Waals surface area contributed by atoms with Crippen LogP contribution in [0.1, 0.15) is 91.8 Å². The number of hydrogen-bond donors (Lipinski definition) is 1. The zero-order valence-electron chi connectivity index (χ0n) is 29.2. The molecule has 0 bridgehead atoms. The smallest absolute Gasteiger partial charge is 0.323 e. The maximum absolute atomic E-state index is 14.2. The van der Waals surface area contributed by atoms with Crippen molar-refractivity contribution in [1.82, 2.24) is 14.9 Å². The second-order valence-electron chi connectivity index (χ2n) is 14.3. The van der Waals surface area contributed by atoms with Crippen molar-refractivity contribution in [1.29, 1.82) is 0 Å². The average Bonchev–Trinajstić information content (AvgIpc) is 3.56. The highest BCUT2D eigenvalue weighted by molar-refractivity contribution is 6.30. The monoisotopic (exact) mass is 682 g/mol. The Morgan fingerprint density at radius 2 is 1.65 bits per heavy atom. The van der Waals surface area contributed by atoms with Gasteiger partial charge in [-0.25, -0.2) is 9.97 Å². The van der Waals surface area contributed by atoms with Crippen LogP contribution < -0.4 is 9.64 Å². The van der Waals surface area contributed by atoms with Gasteiger partial charge in [-0.1, -0.05) is 94.8 Å². The zero-order valence-corrected chi connectivity index (χ0v) is 29.9. The summed E-state index contributed by atoms with van der Waals surface area (Å²) in [6.45, 7) is 11.8.